The summed E-state index contributed by atoms with van der Waals surface area (Å²) >= 11 is 0. The number of aromatic amines is 1. The van der Waals surface area contributed by atoms with Crippen LogP contribution in [0.25, 0.3) is 10.9 Å². The smallest absolute Gasteiger partial charge is 0.320 e. The standard InChI is InChI=1S/C13H15FN2O3.C2H6/c1-6-3-9(19-2)10-7(4-8(15)13(17)18)5-16-12(10)11(6)14;1-2/h3,5,8,16H,4,15H2,1-2H3,(H,17,18);1-2H3. The van der Waals surface area contributed by atoms with Gasteiger partial charge in [0.15, 0.2) is 0 Å². The van der Waals surface area contributed by atoms with Crippen LogP contribution in [0.5, 0.6) is 5.75 Å². The molecule has 4 N–H and O–H groups in total. The van der Waals surface area contributed by atoms with Gasteiger partial charge in [0.1, 0.15) is 17.6 Å². The van der Waals surface area contributed by atoms with Crippen molar-refractivity contribution in [2.24, 2.45) is 5.73 Å². The Morgan fingerprint density at radius 2 is 2.14 bits per heavy atom. The number of fused-ring (bicyclic) bond motifs is 1. The van der Waals surface area contributed by atoms with Gasteiger partial charge in [-0.3, -0.25) is 4.79 Å². The Morgan fingerprint density at radius 3 is 2.67 bits per heavy atom. The number of hydrogen-bond acceptors (Lipinski definition) is 3. The Kier molecular flexibility index (Phi) is 5.72. The zero-order chi connectivity index (χ0) is 16.2. The van der Waals surface area contributed by atoms with Crippen LogP contribution in [-0.2, 0) is 11.2 Å². The van der Waals surface area contributed by atoms with E-state index in [1.54, 1.807) is 19.2 Å². The van der Waals surface area contributed by atoms with Crippen molar-refractivity contribution in [3.63, 3.8) is 0 Å². The monoisotopic (exact) mass is 296 g/mol. The Balaban J connectivity index is 0.00000106. The summed E-state index contributed by atoms with van der Waals surface area (Å²) in [5.74, 6) is -0.963. The van der Waals surface area contributed by atoms with Gasteiger partial charge in [-0.15, -0.1) is 0 Å². The number of benzene rings is 1. The minimum atomic E-state index is -1.10. The van der Waals surface area contributed by atoms with Gasteiger partial charge < -0.3 is 20.6 Å². The van der Waals surface area contributed by atoms with Crippen molar-refractivity contribution >= 4 is 16.9 Å². The quantitative estimate of drug-likeness (QED) is 0.809. The van der Waals surface area contributed by atoms with E-state index in [0.29, 0.717) is 27.8 Å². The first-order chi connectivity index (χ1) is 9.95. The van der Waals surface area contributed by atoms with Crippen LogP contribution in [-0.4, -0.2) is 29.2 Å². The number of aromatic nitrogens is 1. The molecule has 0 radical (unpaired) electrons. The molecule has 0 saturated heterocycles. The van der Waals surface area contributed by atoms with Gasteiger partial charge in [0.05, 0.1) is 12.6 Å². The number of halogens is 1. The first-order valence-corrected chi connectivity index (χ1v) is 6.77. The third-order valence-corrected chi connectivity index (χ3v) is 3.10. The molecule has 0 spiro atoms. The maximum Gasteiger partial charge on any atom is 0.320 e. The van der Waals surface area contributed by atoms with Crippen molar-refractivity contribution in [2.75, 3.05) is 7.11 Å². The van der Waals surface area contributed by atoms with E-state index < -0.39 is 12.0 Å². The summed E-state index contributed by atoms with van der Waals surface area (Å²) in [6.07, 6.45) is 1.67. The highest BCUT2D eigenvalue weighted by molar-refractivity contribution is 5.91. The number of methoxy groups -OCH3 is 1. The highest BCUT2D eigenvalue weighted by Crippen LogP contribution is 2.33. The highest BCUT2D eigenvalue weighted by atomic mass is 19.1. The average Bonchev–Trinajstić information content (AvgIpc) is 2.89. The summed E-state index contributed by atoms with van der Waals surface area (Å²) in [6, 6.07) is 0.550. The molecule has 0 amide bonds. The molecule has 0 bridgehead atoms. The molecule has 0 aliphatic carbocycles. The molecule has 21 heavy (non-hydrogen) atoms. The van der Waals surface area contributed by atoms with E-state index in [1.807, 2.05) is 13.8 Å². The Labute approximate surface area is 122 Å². The lowest BCUT2D eigenvalue weighted by molar-refractivity contribution is -0.138. The topological polar surface area (TPSA) is 88.3 Å². The number of aliphatic carboxylic acids is 1. The molecule has 1 unspecified atom stereocenters. The second kappa shape index (κ2) is 7.08. The number of carboxylic acids is 1. The molecule has 116 valence electrons. The van der Waals surface area contributed by atoms with Gasteiger partial charge in [0, 0.05) is 18.0 Å². The van der Waals surface area contributed by atoms with Gasteiger partial charge in [0.2, 0.25) is 0 Å². The number of nitrogens with two attached hydrogens (primary N) is 1. The van der Waals surface area contributed by atoms with Crippen molar-refractivity contribution < 1.29 is 19.0 Å². The van der Waals surface area contributed by atoms with E-state index in [0.717, 1.165) is 0 Å². The number of hydrogen-bond donors (Lipinski definition) is 3. The number of rotatable bonds is 4. The average molecular weight is 296 g/mol. The van der Waals surface area contributed by atoms with Crippen LogP contribution in [0.3, 0.4) is 0 Å². The minimum absolute atomic E-state index is 0.105. The molecule has 1 heterocycles. The lowest BCUT2D eigenvalue weighted by Gasteiger charge is -2.09. The molecule has 2 rings (SSSR count). The number of carbonyl (C=O) groups is 1. The van der Waals surface area contributed by atoms with Gasteiger partial charge in [-0.2, -0.15) is 0 Å². The minimum Gasteiger partial charge on any atom is -0.496 e. The summed E-state index contributed by atoms with van der Waals surface area (Å²) < 4.78 is 19.2. The van der Waals surface area contributed by atoms with Gasteiger partial charge >= 0.3 is 5.97 Å². The van der Waals surface area contributed by atoms with E-state index in [4.69, 9.17) is 15.6 Å². The molecule has 6 heteroatoms. The largest absolute Gasteiger partial charge is 0.496 e. The SMILES string of the molecule is CC.COc1cc(C)c(F)c2[nH]cc(CC(N)C(=O)O)c12. The van der Waals surface area contributed by atoms with Crippen molar-refractivity contribution in [1.29, 1.82) is 0 Å². The Bertz CT molecular complexity index is 637. The molecule has 0 aliphatic rings. The Hall–Kier alpha value is -2.08. The van der Waals surface area contributed by atoms with E-state index in [2.05, 4.69) is 4.98 Å². The predicted molar refractivity (Wildman–Crippen MR) is 80.2 cm³/mol. The second-order valence-electron chi connectivity index (χ2n) is 4.42. The molecular formula is C15H21FN2O3. The third-order valence-electron chi connectivity index (χ3n) is 3.10. The maximum atomic E-state index is 14.0. The molecule has 0 fully saturated rings. The number of H-pyrrole nitrogens is 1. The zero-order valence-electron chi connectivity index (χ0n) is 12.7. The summed E-state index contributed by atoms with van der Waals surface area (Å²) in [4.78, 5) is 13.6. The summed E-state index contributed by atoms with van der Waals surface area (Å²) in [5.41, 5.74) is 6.90. The maximum absolute atomic E-state index is 14.0. The van der Waals surface area contributed by atoms with Crippen molar-refractivity contribution in [1.82, 2.24) is 4.98 Å². The molecule has 0 saturated carbocycles. The normalized spacial score (nSPS) is 11.7. The van der Waals surface area contributed by atoms with Gasteiger partial charge in [-0.25, -0.2) is 4.39 Å². The second-order valence-corrected chi connectivity index (χ2v) is 4.42. The van der Waals surface area contributed by atoms with Crippen LogP contribution in [0.2, 0.25) is 0 Å². The van der Waals surface area contributed by atoms with Gasteiger partial charge in [0.25, 0.3) is 0 Å². The molecule has 1 atom stereocenters. The molecule has 2 aromatic rings. The van der Waals surface area contributed by atoms with E-state index in [9.17, 15) is 9.18 Å². The third kappa shape index (κ3) is 3.33. The molecule has 1 aromatic heterocycles. The van der Waals surface area contributed by atoms with Crippen LogP contribution in [0.15, 0.2) is 12.3 Å². The number of ether oxygens (including phenoxy) is 1. The van der Waals surface area contributed by atoms with Crippen LogP contribution in [0.4, 0.5) is 4.39 Å². The van der Waals surface area contributed by atoms with E-state index in [1.165, 1.54) is 7.11 Å². The van der Waals surface area contributed by atoms with Gasteiger partial charge in [-0.1, -0.05) is 13.8 Å². The van der Waals surface area contributed by atoms with Crippen LogP contribution in [0, 0.1) is 12.7 Å². The fourth-order valence-electron chi connectivity index (χ4n) is 2.09. The first-order valence-electron chi connectivity index (χ1n) is 6.77. The summed E-state index contributed by atoms with van der Waals surface area (Å²) in [7, 11) is 1.49. The molecule has 1 aromatic carbocycles. The lowest BCUT2D eigenvalue weighted by Crippen LogP contribution is -2.32. The van der Waals surface area contributed by atoms with Crippen LogP contribution >= 0.6 is 0 Å². The van der Waals surface area contributed by atoms with Gasteiger partial charge in [-0.05, 0) is 24.1 Å². The highest BCUT2D eigenvalue weighted by Gasteiger charge is 2.19. The van der Waals surface area contributed by atoms with Crippen molar-refractivity contribution in [2.45, 2.75) is 33.2 Å². The molecule has 0 aliphatic heterocycles. The Morgan fingerprint density at radius 1 is 1.52 bits per heavy atom. The van der Waals surface area contributed by atoms with Crippen molar-refractivity contribution in [3.05, 3.63) is 29.2 Å². The molecular weight excluding hydrogens is 275 g/mol. The predicted octanol–water partition coefficient (Wildman–Crippen LogP) is 2.60. The fourth-order valence-corrected chi connectivity index (χ4v) is 2.09. The summed E-state index contributed by atoms with van der Waals surface area (Å²) in [6.45, 7) is 5.64. The molecule has 5 nitrogen and oxygen atoms in total. The van der Waals surface area contributed by atoms with Crippen LogP contribution in [0.1, 0.15) is 25.0 Å². The first kappa shape index (κ1) is 17.0. The van der Waals surface area contributed by atoms with Crippen molar-refractivity contribution in [3.8, 4) is 5.75 Å². The number of aryl methyl sites for hydroxylation is 1. The zero-order valence-corrected chi connectivity index (χ0v) is 12.7. The fraction of sp³-hybridized carbons (Fsp3) is 0.400. The van der Waals surface area contributed by atoms with E-state index >= 15 is 0 Å². The lowest BCUT2D eigenvalue weighted by atomic mass is 10.0. The summed E-state index contributed by atoms with van der Waals surface area (Å²) in [5, 5.41) is 9.38. The number of carboxylic acid groups (broad SMARTS) is 1. The van der Waals surface area contributed by atoms with Crippen LogP contribution < -0.4 is 10.5 Å². The number of nitrogens with one attached hydrogen (secondary N) is 1. The van der Waals surface area contributed by atoms with E-state index in [-0.39, 0.29) is 12.2 Å².